The normalized spacial score (nSPS) is 15.5. The Morgan fingerprint density at radius 2 is 1.87 bits per heavy atom. The molecule has 5 heteroatoms. The zero-order valence-electron chi connectivity index (χ0n) is 13.2. The van der Waals surface area contributed by atoms with Gasteiger partial charge in [0.2, 0.25) is 0 Å². The van der Waals surface area contributed by atoms with Crippen LogP contribution in [-0.2, 0) is 0 Å². The molecule has 1 aliphatic rings. The summed E-state index contributed by atoms with van der Waals surface area (Å²) in [7, 11) is 0. The van der Waals surface area contributed by atoms with E-state index in [2.05, 4.69) is 15.2 Å². The molecule has 1 aromatic carbocycles. The Hall–Kier alpha value is -2.40. The highest BCUT2D eigenvalue weighted by atomic mass is 16.3. The summed E-state index contributed by atoms with van der Waals surface area (Å²) in [6, 6.07) is 11.3. The summed E-state index contributed by atoms with van der Waals surface area (Å²) in [4.78, 5) is 18.6. The number of aromatic nitrogens is 1. The average Bonchev–Trinajstić information content (AvgIpc) is 2.58. The van der Waals surface area contributed by atoms with Crippen molar-refractivity contribution in [2.45, 2.75) is 25.9 Å². The Balaban J connectivity index is 1.64. The van der Waals surface area contributed by atoms with Crippen LogP contribution in [0.5, 0.6) is 0 Å². The molecule has 1 aromatic heterocycles. The second-order valence-corrected chi connectivity index (χ2v) is 5.91. The lowest BCUT2D eigenvalue weighted by Gasteiger charge is -2.31. The Morgan fingerprint density at radius 1 is 1.17 bits per heavy atom. The molecular formula is C18H21N3O2. The first kappa shape index (κ1) is 15.5. The lowest BCUT2D eigenvalue weighted by Crippen LogP contribution is -2.35. The maximum Gasteiger partial charge on any atom is 0.255 e. The van der Waals surface area contributed by atoms with Gasteiger partial charge in [0.1, 0.15) is 0 Å². The van der Waals surface area contributed by atoms with Crippen molar-refractivity contribution in [1.82, 2.24) is 4.98 Å². The van der Waals surface area contributed by atoms with Gasteiger partial charge in [-0.25, -0.2) is 0 Å². The first-order chi connectivity index (χ1) is 11.1. The lowest BCUT2D eigenvalue weighted by molar-refractivity contribution is 0.102. The zero-order chi connectivity index (χ0) is 16.2. The van der Waals surface area contributed by atoms with Crippen LogP contribution in [0.15, 0.2) is 42.6 Å². The highest BCUT2D eigenvalue weighted by Gasteiger charge is 2.17. The number of rotatable bonds is 3. The molecule has 120 valence electrons. The number of anilines is 2. The summed E-state index contributed by atoms with van der Waals surface area (Å²) >= 11 is 0. The Morgan fingerprint density at radius 3 is 2.48 bits per heavy atom. The van der Waals surface area contributed by atoms with Gasteiger partial charge in [-0.05, 0) is 56.2 Å². The molecule has 3 rings (SSSR count). The molecular weight excluding hydrogens is 290 g/mol. The van der Waals surface area contributed by atoms with Gasteiger partial charge in [-0.1, -0.05) is 0 Å². The Bertz CT molecular complexity index is 660. The van der Waals surface area contributed by atoms with E-state index in [9.17, 15) is 9.90 Å². The van der Waals surface area contributed by atoms with Crippen LogP contribution in [0.25, 0.3) is 0 Å². The van der Waals surface area contributed by atoms with Crippen molar-refractivity contribution in [3.63, 3.8) is 0 Å². The van der Waals surface area contributed by atoms with Crippen LogP contribution in [0.2, 0.25) is 0 Å². The second-order valence-electron chi connectivity index (χ2n) is 5.91. The molecule has 0 unspecified atom stereocenters. The molecule has 0 spiro atoms. The fourth-order valence-corrected chi connectivity index (χ4v) is 2.69. The zero-order valence-corrected chi connectivity index (χ0v) is 13.2. The Labute approximate surface area is 136 Å². The molecule has 5 nitrogen and oxygen atoms in total. The number of hydrogen-bond donors (Lipinski definition) is 2. The van der Waals surface area contributed by atoms with Gasteiger partial charge in [0.05, 0.1) is 18.0 Å². The van der Waals surface area contributed by atoms with Crippen molar-refractivity contribution in [3.8, 4) is 0 Å². The van der Waals surface area contributed by atoms with Crippen LogP contribution >= 0.6 is 0 Å². The molecule has 2 heterocycles. The largest absolute Gasteiger partial charge is 0.393 e. The van der Waals surface area contributed by atoms with E-state index in [4.69, 9.17) is 0 Å². The third-order valence-electron chi connectivity index (χ3n) is 4.13. The van der Waals surface area contributed by atoms with Crippen LogP contribution in [0, 0.1) is 6.92 Å². The third-order valence-corrected chi connectivity index (χ3v) is 4.13. The van der Waals surface area contributed by atoms with Crippen LogP contribution in [0.1, 0.15) is 28.9 Å². The minimum Gasteiger partial charge on any atom is -0.393 e. The number of nitrogens with zero attached hydrogens (tertiary/aromatic N) is 2. The highest BCUT2D eigenvalue weighted by Crippen LogP contribution is 2.21. The van der Waals surface area contributed by atoms with E-state index in [1.807, 2.05) is 43.3 Å². The number of hydrogen-bond acceptors (Lipinski definition) is 4. The number of pyridine rings is 1. The van der Waals surface area contributed by atoms with Crippen LogP contribution in [0.3, 0.4) is 0 Å². The number of aryl methyl sites for hydroxylation is 1. The van der Waals surface area contributed by atoms with E-state index in [-0.39, 0.29) is 12.0 Å². The molecule has 1 amide bonds. The first-order valence-corrected chi connectivity index (χ1v) is 7.89. The second kappa shape index (κ2) is 6.79. The molecule has 0 bridgehead atoms. The number of piperidine rings is 1. The average molecular weight is 311 g/mol. The number of benzene rings is 1. The maximum absolute atomic E-state index is 12.2. The summed E-state index contributed by atoms with van der Waals surface area (Å²) in [6.45, 7) is 3.60. The molecule has 0 saturated carbocycles. The van der Waals surface area contributed by atoms with E-state index in [1.165, 1.54) is 0 Å². The highest BCUT2D eigenvalue weighted by molar-refractivity contribution is 6.04. The van der Waals surface area contributed by atoms with E-state index in [0.717, 1.165) is 37.3 Å². The minimum absolute atomic E-state index is 0.142. The van der Waals surface area contributed by atoms with E-state index >= 15 is 0 Å². The quantitative estimate of drug-likeness (QED) is 0.914. The summed E-state index contributed by atoms with van der Waals surface area (Å²) in [5.74, 6) is -0.142. The van der Waals surface area contributed by atoms with Crippen molar-refractivity contribution in [2.75, 3.05) is 23.3 Å². The van der Waals surface area contributed by atoms with E-state index in [1.54, 1.807) is 6.20 Å². The number of amides is 1. The number of carbonyl (C=O) groups excluding carboxylic acids is 1. The van der Waals surface area contributed by atoms with Crippen molar-refractivity contribution in [2.24, 2.45) is 0 Å². The van der Waals surface area contributed by atoms with Gasteiger partial charge in [-0.2, -0.15) is 0 Å². The predicted molar refractivity (Wildman–Crippen MR) is 90.8 cm³/mol. The number of aliphatic hydroxyl groups excluding tert-OH is 1. The van der Waals surface area contributed by atoms with Crippen molar-refractivity contribution >= 4 is 17.3 Å². The number of carbonyl (C=O) groups is 1. The van der Waals surface area contributed by atoms with Gasteiger partial charge in [0.25, 0.3) is 5.91 Å². The SMILES string of the molecule is Cc1ccc(NC(=O)c2ccc(N3CCC(O)CC3)cc2)cn1. The van der Waals surface area contributed by atoms with Gasteiger partial charge < -0.3 is 15.3 Å². The van der Waals surface area contributed by atoms with E-state index < -0.39 is 0 Å². The molecule has 1 saturated heterocycles. The summed E-state index contributed by atoms with van der Waals surface area (Å²) in [5.41, 5.74) is 3.31. The fraction of sp³-hybridized carbons (Fsp3) is 0.333. The van der Waals surface area contributed by atoms with Crippen LogP contribution in [0.4, 0.5) is 11.4 Å². The topological polar surface area (TPSA) is 65.5 Å². The van der Waals surface area contributed by atoms with Crippen molar-refractivity contribution in [3.05, 3.63) is 53.9 Å². The first-order valence-electron chi connectivity index (χ1n) is 7.89. The number of aliphatic hydroxyl groups is 1. The molecule has 23 heavy (non-hydrogen) atoms. The minimum atomic E-state index is -0.181. The van der Waals surface area contributed by atoms with Crippen molar-refractivity contribution in [1.29, 1.82) is 0 Å². The molecule has 2 aromatic rings. The molecule has 0 radical (unpaired) electrons. The molecule has 1 aliphatic heterocycles. The Kier molecular flexibility index (Phi) is 4.57. The predicted octanol–water partition coefficient (Wildman–Crippen LogP) is 2.60. The van der Waals surface area contributed by atoms with Gasteiger partial charge >= 0.3 is 0 Å². The molecule has 0 aliphatic carbocycles. The molecule has 2 N–H and O–H groups in total. The van der Waals surface area contributed by atoms with Crippen LogP contribution in [-0.4, -0.2) is 35.2 Å². The van der Waals surface area contributed by atoms with Gasteiger partial charge in [0, 0.05) is 30.0 Å². The lowest BCUT2D eigenvalue weighted by atomic mass is 10.1. The van der Waals surface area contributed by atoms with E-state index in [0.29, 0.717) is 11.3 Å². The van der Waals surface area contributed by atoms with Gasteiger partial charge in [-0.3, -0.25) is 9.78 Å². The smallest absolute Gasteiger partial charge is 0.255 e. The monoisotopic (exact) mass is 311 g/mol. The van der Waals surface area contributed by atoms with Crippen LogP contribution < -0.4 is 10.2 Å². The standard InChI is InChI=1S/C18H21N3O2/c1-13-2-5-15(12-19-13)20-18(23)14-3-6-16(7-4-14)21-10-8-17(22)9-11-21/h2-7,12,17,22H,8-11H2,1H3,(H,20,23). The van der Waals surface area contributed by atoms with Gasteiger partial charge in [-0.15, -0.1) is 0 Å². The molecule has 1 fully saturated rings. The summed E-state index contributed by atoms with van der Waals surface area (Å²) in [5, 5.41) is 12.4. The maximum atomic E-state index is 12.2. The van der Waals surface area contributed by atoms with Crippen molar-refractivity contribution < 1.29 is 9.90 Å². The summed E-state index contributed by atoms with van der Waals surface area (Å²) in [6.07, 6.45) is 3.06. The third kappa shape index (κ3) is 3.87. The van der Waals surface area contributed by atoms with Gasteiger partial charge in [0.15, 0.2) is 0 Å². The number of nitrogens with one attached hydrogen (secondary N) is 1. The molecule has 0 atom stereocenters. The summed E-state index contributed by atoms with van der Waals surface area (Å²) < 4.78 is 0. The fourth-order valence-electron chi connectivity index (χ4n) is 2.69.